The van der Waals surface area contributed by atoms with Crippen molar-refractivity contribution in [3.63, 3.8) is 0 Å². The molecular weight excluding hydrogens is 539 g/mol. The molecule has 0 aromatic carbocycles. The van der Waals surface area contributed by atoms with Gasteiger partial charge in [0.05, 0.1) is 0 Å². The summed E-state index contributed by atoms with van der Waals surface area (Å²) in [5.41, 5.74) is -9.13. The van der Waals surface area contributed by atoms with Crippen LogP contribution in [0.5, 0.6) is 0 Å². The van der Waals surface area contributed by atoms with Gasteiger partial charge in [-0.1, -0.05) is 0 Å². The van der Waals surface area contributed by atoms with Crippen LogP contribution in [0.3, 0.4) is 0 Å². The maximum atomic E-state index is 13.8. The normalized spacial score (nSPS) is 17.9. The Bertz CT molecular complexity index is 737. The van der Waals surface area contributed by atoms with E-state index in [1.54, 1.807) is 0 Å². The summed E-state index contributed by atoms with van der Waals surface area (Å²) in [6, 6.07) is 0. The third-order valence-electron chi connectivity index (χ3n) is 3.09. The molecular formula is C8HCaF17O3S. The van der Waals surface area contributed by atoms with Gasteiger partial charge in [0.15, 0.2) is 0 Å². The fourth-order valence-corrected chi connectivity index (χ4v) is 2.14. The minimum Gasteiger partial charge on any atom is -0.281 e. The largest absolute Gasteiger partial charge is 0.460 e. The van der Waals surface area contributed by atoms with E-state index in [9.17, 15) is 83.1 Å². The van der Waals surface area contributed by atoms with E-state index in [4.69, 9.17) is 4.55 Å². The molecule has 0 rings (SSSR count). The number of alkyl halides is 17. The zero-order valence-electron chi connectivity index (χ0n) is 12.8. The van der Waals surface area contributed by atoms with Gasteiger partial charge in [-0.2, -0.15) is 78.7 Å². The van der Waals surface area contributed by atoms with E-state index in [0.717, 1.165) is 0 Å². The number of hydrogen-bond donors (Lipinski definition) is 1. The zero-order chi connectivity index (χ0) is 24.5. The van der Waals surface area contributed by atoms with Gasteiger partial charge in [0.25, 0.3) is 0 Å². The molecule has 1 N–H and O–H groups in total. The molecule has 1 unspecified atom stereocenters. The van der Waals surface area contributed by atoms with Crippen molar-refractivity contribution in [3.8, 4) is 0 Å². The van der Waals surface area contributed by atoms with E-state index in [0.29, 0.717) is 0 Å². The van der Waals surface area contributed by atoms with Crippen LogP contribution in [0, 0.1) is 0 Å². The molecule has 0 bridgehead atoms. The summed E-state index contributed by atoms with van der Waals surface area (Å²) in [6.07, 6.45) is -16.2. The first-order valence-corrected chi connectivity index (χ1v) is 7.12. The topological polar surface area (TPSA) is 54.4 Å². The van der Waals surface area contributed by atoms with Crippen LogP contribution < -0.4 is 0 Å². The van der Waals surface area contributed by atoms with E-state index in [1.165, 1.54) is 0 Å². The monoisotopic (exact) mass is 540 g/mol. The van der Waals surface area contributed by atoms with Gasteiger partial charge in [0.1, 0.15) is 0 Å². The SMILES string of the molecule is O=S(=O)(O)C(F)(F)C(F)(C(F)(F)C(F)(F)F)C(F)(F)C(F)(F)C(F)(F)C(F)(F)F.[Ca]. The molecule has 0 aromatic heterocycles. The molecule has 3 nitrogen and oxygen atoms in total. The minimum absolute atomic E-state index is 0. The second-order valence-electron chi connectivity index (χ2n) is 4.94. The molecule has 0 spiro atoms. The van der Waals surface area contributed by atoms with Gasteiger partial charge >= 0.3 is 57.1 Å². The number of rotatable bonds is 6. The van der Waals surface area contributed by atoms with E-state index >= 15 is 0 Å². The van der Waals surface area contributed by atoms with Gasteiger partial charge in [0.2, 0.25) is 0 Å². The first-order valence-electron chi connectivity index (χ1n) is 5.68. The van der Waals surface area contributed by atoms with Crippen molar-refractivity contribution in [2.45, 2.75) is 47.0 Å². The van der Waals surface area contributed by atoms with Gasteiger partial charge in [-0.05, 0) is 0 Å². The van der Waals surface area contributed by atoms with Crippen molar-refractivity contribution >= 4 is 47.9 Å². The summed E-state index contributed by atoms with van der Waals surface area (Å²) in [4.78, 5) is 0. The molecule has 0 saturated heterocycles. The molecule has 0 aliphatic carbocycles. The maximum Gasteiger partial charge on any atom is 0.460 e. The Kier molecular flexibility index (Phi) is 8.35. The third-order valence-corrected chi connectivity index (χ3v) is 4.02. The second kappa shape index (κ2) is 7.79. The summed E-state index contributed by atoms with van der Waals surface area (Å²) in [5, 5.41) is -8.42. The molecule has 178 valence electrons. The molecule has 0 fully saturated rings. The van der Waals surface area contributed by atoms with Crippen LogP contribution in [0.25, 0.3) is 0 Å². The molecule has 2 radical (unpaired) electrons. The van der Waals surface area contributed by atoms with Gasteiger partial charge in [-0.3, -0.25) is 4.55 Å². The standard InChI is InChI=1S/C8HF17O3S.Ca/c9-1(3(12,13)6(18,19)20,8(24,25)29(26,27)28)2(10,11)4(14,15)5(16,17)7(21,22)23;/h(H,26,27,28);. The van der Waals surface area contributed by atoms with Crippen LogP contribution >= 0.6 is 0 Å². The van der Waals surface area contributed by atoms with Crippen molar-refractivity contribution in [1.29, 1.82) is 0 Å². The van der Waals surface area contributed by atoms with Crippen molar-refractivity contribution in [3.05, 3.63) is 0 Å². The Labute approximate surface area is 182 Å². The number of halogens is 17. The predicted octanol–water partition coefficient (Wildman–Crippen LogP) is 4.46. The first-order chi connectivity index (χ1) is 12.0. The smallest absolute Gasteiger partial charge is 0.281 e. The molecule has 0 aliphatic heterocycles. The van der Waals surface area contributed by atoms with Crippen LogP contribution in [0.4, 0.5) is 74.6 Å². The summed E-state index contributed by atoms with van der Waals surface area (Å²) in [7, 11) is -8.36. The minimum atomic E-state index is -9.16. The van der Waals surface area contributed by atoms with Gasteiger partial charge in [-0.15, -0.1) is 0 Å². The Hall–Kier alpha value is -0.0203. The molecule has 30 heavy (non-hydrogen) atoms. The van der Waals surface area contributed by atoms with Crippen molar-refractivity contribution in [1.82, 2.24) is 0 Å². The Morgan fingerprint density at radius 2 is 0.733 bits per heavy atom. The van der Waals surface area contributed by atoms with E-state index in [1.807, 2.05) is 0 Å². The molecule has 0 heterocycles. The summed E-state index contributed by atoms with van der Waals surface area (Å²) >= 11 is 0. The summed E-state index contributed by atoms with van der Waals surface area (Å²) < 4.78 is 244. The number of hydrogen-bond acceptors (Lipinski definition) is 2. The Morgan fingerprint density at radius 3 is 0.933 bits per heavy atom. The van der Waals surface area contributed by atoms with Crippen molar-refractivity contribution in [2.24, 2.45) is 0 Å². The third kappa shape index (κ3) is 3.93. The average Bonchev–Trinajstić information content (AvgIpc) is 2.41. The van der Waals surface area contributed by atoms with Crippen molar-refractivity contribution < 1.29 is 87.6 Å². The quantitative estimate of drug-likeness (QED) is 0.308. The van der Waals surface area contributed by atoms with Gasteiger partial charge in [-0.25, -0.2) is 4.39 Å². The van der Waals surface area contributed by atoms with Crippen LogP contribution in [0.15, 0.2) is 0 Å². The molecule has 22 heteroatoms. The first kappa shape index (κ1) is 32.2. The van der Waals surface area contributed by atoms with Crippen molar-refractivity contribution in [2.75, 3.05) is 0 Å². The average molecular weight is 540 g/mol. The summed E-state index contributed by atoms with van der Waals surface area (Å²) in [6.45, 7) is 0. The summed E-state index contributed by atoms with van der Waals surface area (Å²) in [5.74, 6) is -35.3. The predicted molar refractivity (Wildman–Crippen MR) is 58.0 cm³/mol. The maximum absolute atomic E-state index is 13.8. The van der Waals surface area contributed by atoms with Crippen LogP contribution in [-0.2, 0) is 10.1 Å². The fraction of sp³-hybridized carbons (Fsp3) is 1.00. The fourth-order valence-electron chi connectivity index (χ4n) is 1.53. The second-order valence-corrected chi connectivity index (χ2v) is 6.41. The van der Waals surface area contributed by atoms with E-state index < -0.39 is 57.1 Å². The molecule has 0 aliphatic rings. The van der Waals surface area contributed by atoms with Crippen LogP contribution in [-0.4, -0.2) is 97.7 Å². The van der Waals surface area contributed by atoms with E-state index in [-0.39, 0.29) is 37.7 Å². The van der Waals surface area contributed by atoms with E-state index in [2.05, 4.69) is 0 Å². The van der Waals surface area contributed by atoms with Gasteiger partial charge < -0.3 is 0 Å². The van der Waals surface area contributed by atoms with Crippen LogP contribution in [0.2, 0.25) is 0 Å². The zero-order valence-corrected chi connectivity index (χ0v) is 15.8. The molecule has 1 atom stereocenters. The molecule has 0 amide bonds. The molecule has 0 saturated carbocycles. The Morgan fingerprint density at radius 1 is 0.467 bits per heavy atom. The Balaban J connectivity index is 0. The van der Waals surface area contributed by atoms with Crippen LogP contribution in [0.1, 0.15) is 0 Å². The molecule has 0 aromatic rings. The van der Waals surface area contributed by atoms with Gasteiger partial charge in [0, 0.05) is 37.7 Å².